The summed E-state index contributed by atoms with van der Waals surface area (Å²) in [6, 6.07) is 16.5. The van der Waals surface area contributed by atoms with Crippen LogP contribution < -0.4 is 15.5 Å². The first-order valence-corrected chi connectivity index (χ1v) is 9.54. The molecule has 2 aromatic rings. The third-order valence-corrected chi connectivity index (χ3v) is 5.13. The SMILES string of the molecule is CC[NH+](CC)[C@H](CNC(=S)Nc1ccccc1C)c1ccccc1Cl. The molecule has 0 aromatic heterocycles. The van der Waals surface area contributed by atoms with Crippen molar-refractivity contribution in [1.29, 1.82) is 0 Å². The van der Waals surface area contributed by atoms with Crippen molar-refractivity contribution in [3.05, 3.63) is 64.7 Å². The van der Waals surface area contributed by atoms with Crippen LogP contribution in [0.4, 0.5) is 5.69 Å². The lowest BCUT2D eigenvalue weighted by Gasteiger charge is -2.28. The number of hydrogen-bond acceptors (Lipinski definition) is 1. The number of nitrogens with one attached hydrogen (secondary N) is 3. The van der Waals surface area contributed by atoms with Crippen molar-refractivity contribution in [1.82, 2.24) is 5.32 Å². The number of anilines is 1. The number of rotatable bonds is 7. The summed E-state index contributed by atoms with van der Waals surface area (Å²) in [7, 11) is 0. The second-order valence-corrected chi connectivity index (χ2v) is 6.90. The van der Waals surface area contributed by atoms with Gasteiger partial charge in [-0.25, -0.2) is 0 Å². The summed E-state index contributed by atoms with van der Waals surface area (Å²) in [5.41, 5.74) is 3.36. The zero-order valence-corrected chi connectivity index (χ0v) is 16.7. The fourth-order valence-corrected chi connectivity index (χ4v) is 3.51. The maximum Gasteiger partial charge on any atom is 0.171 e. The minimum atomic E-state index is 0.250. The van der Waals surface area contributed by atoms with E-state index in [1.54, 1.807) is 0 Å². The van der Waals surface area contributed by atoms with Gasteiger partial charge >= 0.3 is 0 Å². The number of quaternary nitrogens is 1. The first kappa shape index (κ1) is 19.7. The van der Waals surface area contributed by atoms with E-state index in [1.807, 2.05) is 36.4 Å². The van der Waals surface area contributed by atoms with Crippen LogP contribution in [-0.2, 0) is 0 Å². The van der Waals surface area contributed by atoms with Gasteiger partial charge in [0.05, 0.1) is 19.6 Å². The fraction of sp³-hybridized carbons (Fsp3) is 0.350. The van der Waals surface area contributed by atoms with Gasteiger partial charge in [0.2, 0.25) is 0 Å². The molecule has 2 aromatic carbocycles. The Hall–Kier alpha value is -1.62. The quantitative estimate of drug-likeness (QED) is 0.645. The smallest absolute Gasteiger partial charge is 0.171 e. The number of halogens is 1. The van der Waals surface area contributed by atoms with Gasteiger partial charge in [-0.1, -0.05) is 48.0 Å². The molecule has 0 heterocycles. The van der Waals surface area contributed by atoms with Crippen molar-refractivity contribution >= 4 is 34.6 Å². The largest absolute Gasteiger partial charge is 0.356 e. The number of likely N-dealkylation sites (N-methyl/N-ethyl adjacent to an activating group) is 1. The molecule has 25 heavy (non-hydrogen) atoms. The molecule has 3 N–H and O–H groups in total. The Bertz CT molecular complexity index is 701. The highest BCUT2D eigenvalue weighted by molar-refractivity contribution is 7.80. The Labute approximate surface area is 161 Å². The maximum atomic E-state index is 6.45. The van der Waals surface area contributed by atoms with Crippen molar-refractivity contribution in [2.45, 2.75) is 26.8 Å². The minimum absolute atomic E-state index is 0.250. The molecule has 3 nitrogen and oxygen atoms in total. The second-order valence-electron chi connectivity index (χ2n) is 6.09. The van der Waals surface area contributed by atoms with Gasteiger partial charge in [0.25, 0.3) is 0 Å². The van der Waals surface area contributed by atoms with E-state index in [2.05, 4.69) is 43.5 Å². The maximum absolute atomic E-state index is 6.45. The number of benzene rings is 2. The van der Waals surface area contributed by atoms with Crippen LogP contribution in [0, 0.1) is 6.92 Å². The standard InChI is InChI=1S/C20H26ClN3S/c1-4-24(5-2)19(16-11-7-8-12-17(16)21)14-22-20(25)23-18-13-9-6-10-15(18)3/h6-13,19H,4-5,14H2,1-3H3,(H2,22,23,25)/p+1/t19-/m1/s1. The topological polar surface area (TPSA) is 28.5 Å². The molecule has 0 unspecified atom stereocenters. The van der Waals surface area contributed by atoms with Crippen molar-refractivity contribution in [2.75, 3.05) is 25.0 Å². The van der Waals surface area contributed by atoms with Gasteiger partial charge in [-0.15, -0.1) is 0 Å². The summed E-state index contributed by atoms with van der Waals surface area (Å²) < 4.78 is 0. The summed E-state index contributed by atoms with van der Waals surface area (Å²) in [6.45, 7) is 9.27. The van der Waals surface area contributed by atoms with Crippen LogP contribution in [0.25, 0.3) is 0 Å². The highest BCUT2D eigenvalue weighted by Crippen LogP contribution is 2.20. The molecular weight excluding hydrogens is 350 g/mol. The lowest BCUT2D eigenvalue weighted by Crippen LogP contribution is -3.12. The molecule has 0 saturated heterocycles. The number of thiocarbonyl (C=S) groups is 1. The summed E-state index contributed by atoms with van der Waals surface area (Å²) in [5, 5.41) is 8.11. The van der Waals surface area contributed by atoms with Gasteiger partial charge in [0.1, 0.15) is 6.04 Å². The Morgan fingerprint density at radius 3 is 2.36 bits per heavy atom. The van der Waals surface area contributed by atoms with E-state index in [-0.39, 0.29) is 6.04 Å². The van der Waals surface area contributed by atoms with Gasteiger partial charge in [0, 0.05) is 16.3 Å². The van der Waals surface area contributed by atoms with Gasteiger partial charge in [0.15, 0.2) is 5.11 Å². The van der Waals surface area contributed by atoms with Crippen LogP contribution in [-0.4, -0.2) is 24.7 Å². The average Bonchev–Trinajstić information content (AvgIpc) is 2.61. The van der Waals surface area contributed by atoms with E-state index in [0.29, 0.717) is 5.11 Å². The molecule has 0 fully saturated rings. The first-order chi connectivity index (χ1) is 12.1. The molecule has 1 atom stereocenters. The lowest BCUT2D eigenvalue weighted by molar-refractivity contribution is -0.927. The van der Waals surface area contributed by atoms with Crippen molar-refractivity contribution in [3.63, 3.8) is 0 Å². The van der Waals surface area contributed by atoms with Crippen LogP contribution >= 0.6 is 23.8 Å². The van der Waals surface area contributed by atoms with Crippen LogP contribution in [0.1, 0.15) is 31.0 Å². The van der Waals surface area contributed by atoms with E-state index < -0.39 is 0 Å². The Morgan fingerprint density at radius 2 is 1.72 bits per heavy atom. The summed E-state index contributed by atoms with van der Waals surface area (Å²) >= 11 is 11.9. The zero-order chi connectivity index (χ0) is 18.2. The molecule has 0 amide bonds. The number of para-hydroxylation sites is 1. The van der Waals surface area contributed by atoms with Crippen molar-refractivity contribution in [2.24, 2.45) is 0 Å². The number of aryl methyl sites for hydroxylation is 1. The van der Waals surface area contributed by atoms with E-state index in [1.165, 1.54) is 10.5 Å². The van der Waals surface area contributed by atoms with Gasteiger partial charge in [-0.2, -0.15) is 0 Å². The van der Waals surface area contributed by atoms with E-state index in [9.17, 15) is 0 Å². The third-order valence-electron chi connectivity index (χ3n) is 4.54. The van der Waals surface area contributed by atoms with Gasteiger partial charge < -0.3 is 15.5 Å². The van der Waals surface area contributed by atoms with Crippen LogP contribution in [0.2, 0.25) is 5.02 Å². The predicted octanol–water partition coefficient (Wildman–Crippen LogP) is 3.60. The Morgan fingerprint density at radius 1 is 1.08 bits per heavy atom. The van der Waals surface area contributed by atoms with Crippen LogP contribution in [0.15, 0.2) is 48.5 Å². The monoisotopic (exact) mass is 376 g/mol. The minimum Gasteiger partial charge on any atom is -0.356 e. The Kier molecular flexibility index (Phi) is 7.69. The summed E-state index contributed by atoms with van der Waals surface area (Å²) in [6.07, 6.45) is 0. The van der Waals surface area contributed by atoms with Crippen LogP contribution in [0.5, 0.6) is 0 Å². The lowest BCUT2D eigenvalue weighted by atomic mass is 10.0. The third kappa shape index (κ3) is 5.43. The first-order valence-electron chi connectivity index (χ1n) is 8.76. The highest BCUT2D eigenvalue weighted by atomic mass is 35.5. The van der Waals surface area contributed by atoms with Crippen molar-refractivity contribution < 1.29 is 4.90 Å². The highest BCUT2D eigenvalue weighted by Gasteiger charge is 2.24. The molecule has 0 spiro atoms. The molecule has 0 saturated carbocycles. The normalized spacial score (nSPS) is 12.0. The molecule has 2 rings (SSSR count). The molecule has 0 bridgehead atoms. The molecule has 134 valence electrons. The summed E-state index contributed by atoms with van der Waals surface area (Å²) in [4.78, 5) is 1.47. The average molecular weight is 377 g/mol. The van der Waals surface area contributed by atoms with Crippen LogP contribution in [0.3, 0.4) is 0 Å². The predicted molar refractivity (Wildman–Crippen MR) is 112 cm³/mol. The summed E-state index contributed by atoms with van der Waals surface area (Å²) in [5.74, 6) is 0. The Balaban J connectivity index is 2.08. The number of hydrogen-bond donors (Lipinski definition) is 3. The molecule has 0 aliphatic rings. The molecular formula is C20H27ClN3S+. The van der Waals surface area contributed by atoms with Gasteiger partial charge in [-0.3, -0.25) is 0 Å². The second kappa shape index (κ2) is 9.76. The zero-order valence-electron chi connectivity index (χ0n) is 15.1. The molecule has 0 radical (unpaired) electrons. The molecule has 0 aliphatic carbocycles. The fourth-order valence-electron chi connectivity index (χ4n) is 3.05. The van der Waals surface area contributed by atoms with Crippen molar-refractivity contribution in [3.8, 4) is 0 Å². The molecule has 5 heteroatoms. The van der Waals surface area contributed by atoms with E-state index in [0.717, 1.165) is 35.9 Å². The van der Waals surface area contributed by atoms with E-state index >= 15 is 0 Å². The van der Waals surface area contributed by atoms with E-state index in [4.69, 9.17) is 23.8 Å². The van der Waals surface area contributed by atoms with Gasteiger partial charge in [-0.05, 0) is 50.7 Å². The molecule has 0 aliphatic heterocycles.